The largest absolute Gasteiger partial charge is 0.391 e. The number of aromatic nitrogens is 2. The highest BCUT2D eigenvalue weighted by Crippen LogP contribution is 2.28. The molecule has 2 unspecified atom stereocenters. The van der Waals surface area contributed by atoms with E-state index in [-0.39, 0.29) is 12.1 Å². The molecule has 1 aliphatic carbocycles. The molecule has 1 aromatic rings. The average molecular weight is 209 g/mol. The number of hydrogen-bond acceptors (Lipinski definition) is 3. The summed E-state index contributed by atoms with van der Waals surface area (Å²) in [6.45, 7) is 0.652. The molecule has 15 heavy (non-hydrogen) atoms. The van der Waals surface area contributed by atoms with Gasteiger partial charge in [0.2, 0.25) is 0 Å². The lowest BCUT2D eigenvalue weighted by molar-refractivity contribution is 0.0694. The quantitative estimate of drug-likeness (QED) is 0.776. The molecule has 0 amide bonds. The van der Waals surface area contributed by atoms with Gasteiger partial charge in [-0.3, -0.25) is 4.68 Å². The fraction of sp³-hybridized carbons (Fsp3) is 0.727. The maximum atomic E-state index is 9.88. The van der Waals surface area contributed by atoms with Crippen LogP contribution in [0.3, 0.4) is 0 Å². The van der Waals surface area contributed by atoms with Crippen LogP contribution in [0.4, 0.5) is 0 Å². The number of nitrogens with two attached hydrogens (primary N) is 1. The molecule has 84 valence electrons. The monoisotopic (exact) mass is 209 g/mol. The second-order valence-corrected chi connectivity index (χ2v) is 4.29. The Morgan fingerprint density at radius 1 is 1.47 bits per heavy atom. The lowest BCUT2D eigenvalue weighted by Crippen LogP contribution is -2.27. The van der Waals surface area contributed by atoms with Gasteiger partial charge >= 0.3 is 0 Å². The molecule has 0 bridgehead atoms. The zero-order chi connectivity index (χ0) is 10.7. The first-order valence-corrected chi connectivity index (χ1v) is 5.72. The van der Waals surface area contributed by atoms with Crippen molar-refractivity contribution in [2.24, 2.45) is 5.73 Å². The number of nitrogens with zero attached hydrogens (tertiary/aromatic N) is 2. The van der Waals surface area contributed by atoms with Crippen molar-refractivity contribution in [2.75, 3.05) is 6.54 Å². The minimum atomic E-state index is -0.232. The summed E-state index contributed by atoms with van der Waals surface area (Å²) in [5.74, 6) is 0. The van der Waals surface area contributed by atoms with Crippen molar-refractivity contribution in [2.45, 2.75) is 44.2 Å². The van der Waals surface area contributed by atoms with Crippen LogP contribution in [0.15, 0.2) is 12.4 Å². The summed E-state index contributed by atoms with van der Waals surface area (Å²) in [7, 11) is 0. The van der Waals surface area contributed by atoms with Crippen molar-refractivity contribution in [3.8, 4) is 0 Å². The summed E-state index contributed by atoms with van der Waals surface area (Å²) in [5.41, 5.74) is 6.65. The van der Waals surface area contributed by atoms with Crippen molar-refractivity contribution in [3.05, 3.63) is 18.0 Å². The Labute approximate surface area is 90.1 Å². The Balaban J connectivity index is 2.06. The van der Waals surface area contributed by atoms with E-state index in [1.54, 1.807) is 0 Å². The smallest absolute Gasteiger partial charge is 0.0778 e. The molecule has 4 nitrogen and oxygen atoms in total. The highest BCUT2D eigenvalue weighted by atomic mass is 16.3. The third-order valence-corrected chi connectivity index (χ3v) is 3.12. The van der Waals surface area contributed by atoms with Crippen molar-refractivity contribution in [3.63, 3.8) is 0 Å². The molecule has 1 aliphatic rings. The molecule has 4 heteroatoms. The molecule has 1 heterocycles. The molecule has 2 atom stereocenters. The predicted molar refractivity (Wildman–Crippen MR) is 58.5 cm³/mol. The zero-order valence-corrected chi connectivity index (χ0v) is 8.97. The Morgan fingerprint density at radius 3 is 3.00 bits per heavy atom. The van der Waals surface area contributed by atoms with Crippen LogP contribution in [-0.4, -0.2) is 27.5 Å². The third-order valence-electron chi connectivity index (χ3n) is 3.12. The van der Waals surface area contributed by atoms with Gasteiger partial charge in [0.1, 0.15) is 0 Å². The molecule has 1 aromatic heterocycles. The number of hydrogen-bond donors (Lipinski definition) is 2. The second kappa shape index (κ2) is 4.77. The van der Waals surface area contributed by atoms with E-state index in [0.717, 1.165) is 31.2 Å². The van der Waals surface area contributed by atoms with Crippen LogP contribution < -0.4 is 5.73 Å². The first kappa shape index (κ1) is 10.6. The van der Waals surface area contributed by atoms with Gasteiger partial charge in [0.15, 0.2) is 0 Å². The van der Waals surface area contributed by atoms with Crippen molar-refractivity contribution in [1.82, 2.24) is 9.78 Å². The van der Waals surface area contributed by atoms with Gasteiger partial charge in [0.05, 0.1) is 18.3 Å². The molecule has 0 saturated heterocycles. The van der Waals surface area contributed by atoms with Crippen LogP contribution in [0.1, 0.15) is 37.3 Å². The summed E-state index contributed by atoms with van der Waals surface area (Å²) in [5, 5.41) is 14.2. The fourth-order valence-electron chi connectivity index (χ4n) is 2.25. The maximum Gasteiger partial charge on any atom is 0.0778 e. The molecule has 1 saturated carbocycles. The van der Waals surface area contributed by atoms with Crippen molar-refractivity contribution >= 4 is 0 Å². The minimum absolute atomic E-state index is 0.172. The molecule has 0 radical (unpaired) electrons. The lowest BCUT2D eigenvalue weighted by atomic mass is 9.93. The Bertz CT molecular complexity index is 311. The van der Waals surface area contributed by atoms with Crippen LogP contribution in [0.25, 0.3) is 0 Å². The molecular formula is C11H19N3O. The van der Waals surface area contributed by atoms with Crippen molar-refractivity contribution in [1.29, 1.82) is 0 Å². The van der Waals surface area contributed by atoms with E-state index in [1.165, 1.54) is 6.42 Å². The normalized spacial score (nSPS) is 26.8. The summed E-state index contributed by atoms with van der Waals surface area (Å²) < 4.78 is 1.91. The van der Waals surface area contributed by atoms with Crippen LogP contribution in [0.5, 0.6) is 0 Å². The Morgan fingerprint density at radius 2 is 2.27 bits per heavy atom. The first-order chi connectivity index (χ1) is 7.31. The molecule has 3 N–H and O–H groups in total. The molecule has 2 rings (SSSR count). The molecule has 1 fully saturated rings. The molecule has 0 aliphatic heterocycles. The minimum Gasteiger partial charge on any atom is -0.391 e. The van der Waals surface area contributed by atoms with Crippen LogP contribution >= 0.6 is 0 Å². The predicted octanol–water partition coefficient (Wildman–Crippen LogP) is 0.860. The number of aliphatic hydroxyl groups is 1. The Hall–Kier alpha value is -0.870. The third kappa shape index (κ3) is 2.38. The van der Waals surface area contributed by atoms with E-state index >= 15 is 0 Å². The number of rotatable bonds is 3. The SMILES string of the molecule is NCCc1cnn(C2CCCCC2O)c1. The van der Waals surface area contributed by atoms with Gasteiger partial charge in [-0.05, 0) is 31.4 Å². The highest BCUT2D eigenvalue weighted by Gasteiger charge is 2.24. The average Bonchev–Trinajstić information content (AvgIpc) is 2.68. The molecule has 0 aromatic carbocycles. The summed E-state index contributed by atoms with van der Waals surface area (Å²) in [6, 6.07) is 0.172. The van der Waals surface area contributed by atoms with Crippen LogP contribution in [0, 0.1) is 0 Å². The van der Waals surface area contributed by atoms with Gasteiger partial charge in [0, 0.05) is 6.20 Å². The van der Waals surface area contributed by atoms with Crippen LogP contribution in [-0.2, 0) is 6.42 Å². The van der Waals surface area contributed by atoms with E-state index in [2.05, 4.69) is 5.10 Å². The van der Waals surface area contributed by atoms with Crippen LogP contribution in [0.2, 0.25) is 0 Å². The van der Waals surface area contributed by atoms with E-state index in [4.69, 9.17) is 5.73 Å². The molecule has 0 spiro atoms. The zero-order valence-electron chi connectivity index (χ0n) is 8.97. The van der Waals surface area contributed by atoms with Gasteiger partial charge in [-0.2, -0.15) is 5.10 Å². The van der Waals surface area contributed by atoms with E-state index in [0.29, 0.717) is 6.54 Å². The lowest BCUT2D eigenvalue weighted by Gasteiger charge is -2.27. The summed E-state index contributed by atoms with van der Waals surface area (Å²) >= 11 is 0. The van der Waals surface area contributed by atoms with Gasteiger partial charge in [-0.15, -0.1) is 0 Å². The summed E-state index contributed by atoms with van der Waals surface area (Å²) in [4.78, 5) is 0. The molecular weight excluding hydrogens is 190 g/mol. The topological polar surface area (TPSA) is 64.1 Å². The van der Waals surface area contributed by atoms with E-state index in [1.807, 2.05) is 17.1 Å². The van der Waals surface area contributed by atoms with Gasteiger partial charge in [-0.25, -0.2) is 0 Å². The van der Waals surface area contributed by atoms with E-state index in [9.17, 15) is 5.11 Å². The van der Waals surface area contributed by atoms with Gasteiger partial charge < -0.3 is 10.8 Å². The number of aliphatic hydroxyl groups excluding tert-OH is 1. The Kier molecular flexibility index (Phi) is 3.38. The van der Waals surface area contributed by atoms with Crippen molar-refractivity contribution < 1.29 is 5.11 Å². The highest BCUT2D eigenvalue weighted by molar-refractivity contribution is 5.05. The fourth-order valence-corrected chi connectivity index (χ4v) is 2.25. The first-order valence-electron chi connectivity index (χ1n) is 5.72. The maximum absolute atomic E-state index is 9.88. The second-order valence-electron chi connectivity index (χ2n) is 4.29. The van der Waals surface area contributed by atoms with Gasteiger partial charge in [0.25, 0.3) is 0 Å². The standard InChI is InChI=1S/C11H19N3O/c12-6-5-9-7-13-14(8-9)10-3-1-2-4-11(10)15/h7-8,10-11,15H,1-6,12H2. The van der Waals surface area contributed by atoms with E-state index < -0.39 is 0 Å². The summed E-state index contributed by atoms with van der Waals surface area (Å²) in [6.07, 6.45) is 8.76. The van der Waals surface area contributed by atoms with Gasteiger partial charge in [-0.1, -0.05) is 12.8 Å².